The van der Waals surface area contributed by atoms with E-state index >= 15 is 0 Å². The maximum Gasteiger partial charge on any atom is 0.137 e. The summed E-state index contributed by atoms with van der Waals surface area (Å²) in [5.74, 6) is 0.939. The molecule has 0 radical (unpaired) electrons. The molecular weight excluding hydrogens is 236 g/mol. The number of aromatic amines is 1. The molecule has 0 aliphatic carbocycles. The number of aromatic nitrogens is 2. The van der Waals surface area contributed by atoms with E-state index in [4.69, 9.17) is 0 Å². The van der Waals surface area contributed by atoms with E-state index in [1.54, 1.807) is 6.20 Å². The van der Waals surface area contributed by atoms with Crippen molar-refractivity contribution < 1.29 is 0 Å². The molecule has 0 unspecified atom stereocenters. The highest BCUT2D eigenvalue weighted by molar-refractivity contribution is 5.55. The maximum atomic E-state index is 4.26. The van der Waals surface area contributed by atoms with Crippen molar-refractivity contribution in [3.05, 3.63) is 42.2 Å². The molecule has 19 heavy (non-hydrogen) atoms. The van der Waals surface area contributed by atoms with Crippen molar-refractivity contribution in [3.8, 4) is 11.4 Å². The molecule has 0 saturated carbocycles. The molecule has 1 saturated heterocycles. The highest BCUT2D eigenvalue weighted by atomic mass is 15.2. The predicted octanol–water partition coefficient (Wildman–Crippen LogP) is 1.52. The standard InChI is InChI=1S/C15H20N4/c1-3-14(15-17-6-7-18-15)4-2-13(1)5-10-19-11-8-16-9-12-19/h1-4,6-7,16H,5,8-12H2,(H,17,18). The summed E-state index contributed by atoms with van der Waals surface area (Å²) in [5.41, 5.74) is 2.55. The van der Waals surface area contributed by atoms with Gasteiger partial charge < -0.3 is 15.2 Å². The fourth-order valence-corrected chi connectivity index (χ4v) is 2.47. The Hall–Kier alpha value is -1.65. The van der Waals surface area contributed by atoms with Gasteiger partial charge in [0.1, 0.15) is 5.82 Å². The molecule has 1 aliphatic heterocycles. The van der Waals surface area contributed by atoms with E-state index < -0.39 is 0 Å². The predicted molar refractivity (Wildman–Crippen MR) is 77.0 cm³/mol. The molecule has 1 aromatic heterocycles. The maximum absolute atomic E-state index is 4.26. The van der Waals surface area contributed by atoms with E-state index in [0.29, 0.717) is 0 Å². The summed E-state index contributed by atoms with van der Waals surface area (Å²) in [4.78, 5) is 9.92. The van der Waals surface area contributed by atoms with Gasteiger partial charge in [0.15, 0.2) is 0 Å². The summed E-state index contributed by atoms with van der Waals surface area (Å²) < 4.78 is 0. The number of rotatable bonds is 4. The summed E-state index contributed by atoms with van der Waals surface area (Å²) in [7, 11) is 0. The Kier molecular flexibility index (Phi) is 3.91. The lowest BCUT2D eigenvalue weighted by Crippen LogP contribution is -2.44. The van der Waals surface area contributed by atoms with Crippen molar-refractivity contribution in [3.63, 3.8) is 0 Å². The van der Waals surface area contributed by atoms with Crippen molar-refractivity contribution in [2.75, 3.05) is 32.7 Å². The van der Waals surface area contributed by atoms with Crippen molar-refractivity contribution in [1.82, 2.24) is 20.2 Å². The molecule has 2 aromatic rings. The summed E-state index contributed by atoms with van der Waals surface area (Å²) in [5, 5.41) is 3.38. The average Bonchev–Trinajstić information content (AvgIpc) is 3.01. The lowest BCUT2D eigenvalue weighted by atomic mass is 10.1. The van der Waals surface area contributed by atoms with Crippen molar-refractivity contribution in [2.24, 2.45) is 0 Å². The molecule has 100 valence electrons. The van der Waals surface area contributed by atoms with Crippen LogP contribution in [0.2, 0.25) is 0 Å². The molecule has 0 bridgehead atoms. The van der Waals surface area contributed by atoms with Crippen LogP contribution in [0.15, 0.2) is 36.7 Å². The van der Waals surface area contributed by atoms with Gasteiger partial charge in [-0.05, 0) is 12.0 Å². The number of nitrogens with one attached hydrogen (secondary N) is 2. The molecule has 4 nitrogen and oxygen atoms in total. The summed E-state index contributed by atoms with van der Waals surface area (Å²) in [6.07, 6.45) is 4.76. The van der Waals surface area contributed by atoms with Crippen LogP contribution in [0, 0.1) is 0 Å². The van der Waals surface area contributed by atoms with Crippen LogP contribution in [0.5, 0.6) is 0 Å². The Morgan fingerprint density at radius 2 is 1.89 bits per heavy atom. The second-order valence-electron chi connectivity index (χ2n) is 4.98. The molecule has 1 aliphatic rings. The Bertz CT molecular complexity index is 483. The summed E-state index contributed by atoms with van der Waals surface area (Å²) in [6.45, 7) is 5.74. The Balaban J connectivity index is 1.57. The van der Waals surface area contributed by atoms with Crippen molar-refractivity contribution >= 4 is 0 Å². The number of benzene rings is 1. The normalized spacial score (nSPS) is 16.6. The minimum Gasteiger partial charge on any atom is -0.345 e. The molecule has 0 spiro atoms. The van der Waals surface area contributed by atoms with Gasteiger partial charge in [0.25, 0.3) is 0 Å². The van der Waals surface area contributed by atoms with Gasteiger partial charge in [-0.2, -0.15) is 0 Å². The minimum atomic E-state index is 0.939. The largest absolute Gasteiger partial charge is 0.345 e. The molecule has 0 atom stereocenters. The summed E-state index contributed by atoms with van der Waals surface area (Å²) >= 11 is 0. The Labute approximate surface area is 113 Å². The van der Waals surface area contributed by atoms with E-state index in [0.717, 1.165) is 37.4 Å². The van der Waals surface area contributed by atoms with E-state index in [1.807, 2.05) is 6.20 Å². The molecule has 1 fully saturated rings. The molecule has 2 N–H and O–H groups in total. The first-order valence-corrected chi connectivity index (χ1v) is 6.93. The van der Waals surface area contributed by atoms with Crippen LogP contribution in [-0.4, -0.2) is 47.6 Å². The third kappa shape index (κ3) is 3.22. The smallest absolute Gasteiger partial charge is 0.137 e. The monoisotopic (exact) mass is 256 g/mol. The van der Waals surface area contributed by atoms with Gasteiger partial charge in [0.05, 0.1) is 0 Å². The second-order valence-corrected chi connectivity index (χ2v) is 4.98. The highest BCUT2D eigenvalue weighted by Gasteiger charge is 2.09. The molecule has 3 rings (SSSR count). The zero-order chi connectivity index (χ0) is 12.9. The van der Waals surface area contributed by atoms with E-state index in [1.165, 1.54) is 18.7 Å². The summed E-state index contributed by atoms with van der Waals surface area (Å²) in [6, 6.07) is 8.71. The van der Waals surface area contributed by atoms with Gasteiger partial charge in [-0.15, -0.1) is 0 Å². The van der Waals surface area contributed by atoms with Crippen LogP contribution in [0.4, 0.5) is 0 Å². The van der Waals surface area contributed by atoms with Crippen LogP contribution < -0.4 is 5.32 Å². The van der Waals surface area contributed by atoms with Gasteiger partial charge in [0, 0.05) is 50.7 Å². The molecule has 2 heterocycles. The molecule has 1 aromatic carbocycles. The first-order valence-electron chi connectivity index (χ1n) is 6.93. The van der Waals surface area contributed by atoms with Crippen molar-refractivity contribution in [2.45, 2.75) is 6.42 Å². The van der Waals surface area contributed by atoms with Crippen LogP contribution >= 0.6 is 0 Å². The number of piperazine rings is 1. The van der Waals surface area contributed by atoms with Gasteiger partial charge in [0.2, 0.25) is 0 Å². The lowest BCUT2D eigenvalue weighted by molar-refractivity contribution is 0.244. The number of hydrogen-bond acceptors (Lipinski definition) is 3. The first-order chi connectivity index (χ1) is 9.42. The van der Waals surface area contributed by atoms with Gasteiger partial charge >= 0.3 is 0 Å². The first kappa shape index (κ1) is 12.4. The van der Waals surface area contributed by atoms with Crippen LogP contribution in [0.3, 0.4) is 0 Å². The fraction of sp³-hybridized carbons (Fsp3) is 0.400. The number of nitrogens with zero attached hydrogens (tertiary/aromatic N) is 2. The molecule has 4 heteroatoms. The SMILES string of the molecule is c1c[nH]c(-c2ccc(CCN3CCNCC3)cc2)n1. The topological polar surface area (TPSA) is 44.0 Å². The number of H-pyrrole nitrogens is 1. The van der Waals surface area contributed by atoms with Gasteiger partial charge in [-0.25, -0.2) is 4.98 Å². The van der Waals surface area contributed by atoms with E-state index in [9.17, 15) is 0 Å². The highest BCUT2D eigenvalue weighted by Crippen LogP contribution is 2.15. The van der Waals surface area contributed by atoms with Crippen LogP contribution in [0.25, 0.3) is 11.4 Å². The lowest BCUT2D eigenvalue weighted by Gasteiger charge is -2.27. The number of imidazole rings is 1. The Morgan fingerprint density at radius 1 is 1.11 bits per heavy atom. The van der Waals surface area contributed by atoms with Gasteiger partial charge in [-0.3, -0.25) is 0 Å². The third-order valence-electron chi connectivity index (χ3n) is 3.65. The van der Waals surface area contributed by atoms with E-state index in [2.05, 4.69) is 44.5 Å². The molecule has 0 amide bonds. The quantitative estimate of drug-likeness (QED) is 0.872. The third-order valence-corrected chi connectivity index (χ3v) is 3.65. The Morgan fingerprint density at radius 3 is 2.58 bits per heavy atom. The average molecular weight is 256 g/mol. The fourth-order valence-electron chi connectivity index (χ4n) is 2.47. The zero-order valence-electron chi connectivity index (χ0n) is 11.1. The number of hydrogen-bond donors (Lipinski definition) is 2. The van der Waals surface area contributed by atoms with Crippen LogP contribution in [0.1, 0.15) is 5.56 Å². The second kappa shape index (κ2) is 5.99. The van der Waals surface area contributed by atoms with Crippen molar-refractivity contribution in [1.29, 1.82) is 0 Å². The molecular formula is C15H20N4. The van der Waals surface area contributed by atoms with E-state index in [-0.39, 0.29) is 0 Å². The zero-order valence-corrected chi connectivity index (χ0v) is 11.1. The van der Waals surface area contributed by atoms with Crippen LogP contribution in [-0.2, 0) is 6.42 Å². The minimum absolute atomic E-state index is 0.939. The van der Waals surface area contributed by atoms with Gasteiger partial charge in [-0.1, -0.05) is 24.3 Å².